The van der Waals surface area contributed by atoms with Crippen LogP contribution in [0.2, 0.25) is 0 Å². The fourth-order valence-electron chi connectivity index (χ4n) is 4.05. The molecule has 0 bridgehead atoms. The molecule has 9 heteroatoms. The molecule has 4 rings (SSSR count). The van der Waals surface area contributed by atoms with Gasteiger partial charge in [0.1, 0.15) is 0 Å². The van der Waals surface area contributed by atoms with Crippen LogP contribution in [0.1, 0.15) is 29.3 Å². The van der Waals surface area contributed by atoms with Gasteiger partial charge in [0.15, 0.2) is 5.16 Å². The van der Waals surface area contributed by atoms with Gasteiger partial charge in [-0.1, -0.05) is 49.0 Å². The Kier molecular flexibility index (Phi) is 8.20. The molecule has 184 valence electrons. The number of benzene rings is 2. The fraction of sp³-hybridized carbons (Fsp3) is 0.385. The highest BCUT2D eigenvalue weighted by Crippen LogP contribution is 2.21. The van der Waals surface area contributed by atoms with Crippen LogP contribution >= 0.6 is 11.8 Å². The van der Waals surface area contributed by atoms with E-state index in [0.717, 1.165) is 12.0 Å². The number of thioether (sulfide) groups is 1. The Labute approximate surface area is 208 Å². The van der Waals surface area contributed by atoms with Gasteiger partial charge in [-0.15, -0.1) is 0 Å². The molecule has 2 aromatic carbocycles. The fourth-order valence-corrected chi connectivity index (χ4v) is 4.98. The molecule has 35 heavy (non-hydrogen) atoms. The number of ether oxygens (including phenoxy) is 2. The standard InChI is InChI=1S/C26H29N3O5S/c1-3-20-16-28(13-14-34-20)23(30)17-35-26-27-22-15-19(25(32)33-2)9-10-21(22)24(31)29(26)12-11-18-7-5-4-6-8-18/h4-10,15,20H,3,11-14,16-17H2,1-2H3. The maximum atomic E-state index is 13.4. The summed E-state index contributed by atoms with van der Waals surface area (Å²) in [6, 6.07) is 14.6. The zero-order chi connectivity index (χ0) is 24.8. The van der Waals surface area contributed by atoms with Crippen molar-refractivity contribution in [3.63, 3.8) is 0 Å². The Bertz CT molecular complexity index is 1260. The average molecular weight is 496 g/mol. The minimum atomic E-state index is -0.496. The number of esters is 1. The highest BCUT2D eigenvalue weighted by atomic mass is 32.2. The maximum absolute atomic E-state index is 13.4. The van der Waals surface area contributed by atoms with E-state index in [1.54, 1.807) is 22.8 Å². The smallest absolute Gasteiger partial charge is 0.337 e. The molecule has 3 aromatic rings. The van der Waals surface area contributed by atoms with Crippen molar-refractivity contribution in [1.29, 1.82) is 0 Å². The van der Waals surface area contributed by atoms with Crippen LogP contribution < -0.4 is 5.56 Å². The van der Waals surface area contributed by atoms with E-state index < -0.39 is 5.97 Å². The minimum absolute atomic E-state index is 0.0102. The maximum Gasteiger partial charge on any atom is 0.337 e. The molecule has 1 fully saturated rings. The first kappa shape index (κ1) is 24.9. The number of aryl methyl sites for hydroxylation is 1. The van der Waals surface area contributed by atoms with E-state index in [2.05, 4.69) is 0 Å². The Morgan fingerprint density at radius 1 is 1.20 bits per heavy atom. The summed E-state index contributed by atoms with van der Waals surface area (Å²) in [7, 11) is 1.31. The zero-order valence-corrected chi connectivity index (χ0v) is 20.8. The summed E-state index contributed by atoms with van der Waals surface area (Å²) in [5, 5.41) is 0.870. The molecular formula is C26H29N3O5S. The minimum Gasteiger partial charge on any atom is -0.465 e. The Morgan fingerprint density at radius 2 is 2.00 bits per heavy atom. The molecule has 1 aliphatic heterocycles. The van der Waals surface area contributed by atoms with Gasteiger partial charge in [-0.25, -0.2) is 9.78 Å². The highest BCUT2D eigenvalue weighted by molar-refractivity contribution is 7.99. The first-order valence-electron chi connectivity index (χ1n) is 11.7. The lowest BCUT2D eigenvalue weighted by atomic mass is 10.1. The Hall–Kier alpha value is -3.17. The SMILES string of the molecule is CCC1CN(C(=O)CSc2nc3cc(C(=O)OC)ccc3c(=O)n2CCc2ccccc2)CCO1. The van der Waals surface area contributed by atoms with Gasteiger partial charge in [-0.3, -0.25) is 14.2 Å². The number of nitrogens with zero attached hydrogens (tertiary/aromatic N) is 3. The van der Waals surface area contributed by atoms with Crippen molar-refractivity contribution in [2.45, 2.75) is 37.6 Å². The summed E-state index contributed by atoms with van der Waals surface area (Å²) in [4.78, 5) is 44.9. The largest absolute Gasteiger partial charge is 0.465 e. The van der Waals surface area contributed by atoms with Crippen LogP contribution in [0.4, 0.5) is 0 Å². The third kappa shape index (κ3) is 5.91. The number of carbonyl (C=O) groups excluding carboxylic acids is 2. The molecule has 0 radical (unpaired) electrons. The number of fused-ring (bicyclic) bond motifs is 1. The molecule has 0 saturated carbocycles. The van der Waals surface area contributed by atoms with Crippen LogP contribution in [0.3, 0.4) is 0 Å². The number of hydrogen-bond acceptors (Lipinski definition) is 7. The van der Waals surface area contributed by atoms with Crippen molar-refractivity contribution in [2.24, 2.45) is 0 Å². The average Bonchev–Trinajstić information content (AvgIpc) is 2.91. The number of aromatic nitrogens is 2. The lowest BCUT2D eigenvalue weighted by molar-refractivity contribution is -0.135. The molecule has 1 unspecified atom stereocenters. The molecule has 0 N–H and O–H groups in total. The molecular weight excluding hydrogens is 466 g/mol. The van der Waals surface area contributed by atoms with Crippen LogP contribution in [0, 0.1) is 0 Å². The third-order valence-electron chi connectivity index (χ3n) is 6.08. The van der Waals surface area contributed by atoms with E-state index in [1.807, 2.05) is 42.2 Å². The summed E-state index contributed by atoms with van der Waals surface area (Å²) in [6.45, 7) is 4.13. The van der Waals surface area contributed by atoms with E-state index in [0.29, 0.717) is 54.3 Å². The molecule has 1 aromatic heterocycles. The number of hydrogen-bond donors (Lipinski definition) is 0. The lowest BCUT2D eigenvalue weighted by Crippen LogP contribution is -2.46. The molecule has 1 atom stereocenters. The van der Waals surface area contributed by atoms with Crippen molar-refractivity contribution in [3.05, 3.63) is 70.0 Å². The summed E-state index contributed by atoms with van der Waals surface area (Å²) >= 11 is 1.25. The monoisotopic (exact) mass is 495 g/mol. The van der Waals surface area contributed by atoms with Crippen molar-refractivity contribution >= 4 is 34.5 Å². The van der Waals surface area contributed by atoms with E-state index in [9.17, 15) is 14.4 Å². The summed E-state index contributed by atoms with van der Waals surface area (Å²) in [5.74, 6) is -0.343. The number of carbonyl (C=O) groups is 2. The molecule has 1 saturated heterocycles. The lowest BCUT2D eigenvalue weighted by Gasteiger charge is -2.32. The number of rotatable bonds is 8. The number of methoxy groups -OCH3 is 1. The van der Waals surface area contributed by atoms with E-state index in [4.69, 9.17) is 14.5 Å². The van der Waals surface area contributed by atoms with Crippen LogP contribution in [0.25, 0.3) is 10.9 Å². The van der Waals surface area contributed by atoms with Crippen molar-refractivity contribution in [2.75, 3.05) is 32.6 Å². The molecule has 1 aliphatic rings. The second-order valence-electron chi connectivity index (χ2n) is 8.34. The van der Waals surface area contributed by atoms with Crippen LogP contribution in [0.15, 0.2) is 58.5 Å². The number of amides is 1. The predicted molar refractivity (Wildman–Crippen MR) is 135 cm³/mol. The van der Waals surface area contributed by atoms with Gasteiger partial charge in [-0.05, 0) is 36.6 Å². The molecule has 1 amide bonds. The topological polar surface area (TPSA) is 90.7 Å². The molecule has 0 spiro atoms. The van der Waals surface area contributed by atoms with Crippen molar-refractivity contribution in [1.82, 2.24) is 14.5 Å². The Balaban J connectivity index is 1.63. The predicted octanol–water partition coefficient (Wildman–Crippen LogP) is 3.16. The number of morpholine rings is 1. The first-order valence-corrected chi connectivity index (χ1v) is 12.7. The third-order valence-corrected chi connectivity index (χ3v) is 7.04. The van der Waals surface area contributed by atoms with E-state index in [-0.39, 0.29) is 23.3 Å². The van der Waals surface area contributed by atoms with Gasteiger partial charge in [0.25, 0.3) is 5.56 Å². The van der Waals surface area contributed by atoms with E-state index >= 15 is 0 Å². The molecule has 8 nitrogen and oxygen atoms in total. The second-order valence-corrected chi connectivity index (χ2v) is 9.28. The van der Waals surface area contributed by atoms with Gasteiger partial charge >= 0.3 is 5.97 Å². The van der Waals surface area contributed by atoms with E-state index in [1.165, 1.54) is 18.9 Å². The molecule has 2 heterocycles. The summed E-state index contributed by atoms with van der Waals surface area (Å²) < 4.78 is 12.1. The van der Waals surface area contributed by atoms with Gasteiger partial charge in [-0.2, -0.15) is 0 Å². The van der Waals surface area contributed by atoms with Crippen molar-refractivity contribution < 1.29 is 19.1 Å². The Morgan fingerprint density at radius 3 is 2.74 bits per heavy atom. The van der Waals surface area contributed by atoms with Gasteiger partial charge in [0.2, 0.25) is 5.91 Å². The first-order chi connectivity index (χ1) is 17.0. The quantitative estimate of drug-likeness (QED) is 0.269. The van der Waals surface area contributed by atoms with Gasteiger partial charge in [0.05, 0.1) is 42.0 Å². The molecule has 0 aliphatic carbocycles. The summed E-state index contributed by atoms with van der Waals surface area (Å²) in [6.07, 6.45) is 1.56. The van der Waals surface area contributed by atoms with Gasteiger partial charge < -0.3 is 14.4 Å². The zero-order valence-electron chi connectivity index (χ0n) is 19.9. The normalized spacial score (nSPS) is 15.8. The summed E-state index contributed by atoms with van der Waals surface area (Å²) in [5.41, 5.74) is 1.63. The van der Waals surface area contributed by atoms with Crippen LogP contribution in [-0.4, -0.2) is 65.0 Å². The second kappa shape index (κ2) is 11.5. The highest BCUT2D eigenvalue weighted by Gasteiger charge is 2.24. The van der Waals surface area contributed by atoms with Gasteiger partial charge in [0, 0.05) is 19.6 Å². The van der Waals surface area contributed by atoms with Crippen molar-refractivity contribution in [3.8, 4) is 0 Å². The van der Waals surface area contributed by atoms with Crippen LogP contribution in [0.5, 0.6) is 0 Å². The van der Waals surface area contributed by atoms with Crippen LogP contribution in [-0.2, 0) is 27.2 Å².